The van der Waals surface area contributed by atoms with Crippen LogP contribution in [0.2, 0.25) is 0 Å². The number of hydrogen-bond acceptors (Lipinski definition) is 2. The van der Waals surface area contributed by atoms with Gasteiger partial charge in [0, 0.05) is 18.6 Å². The average Bonchev–Trinajstić information content (AvgIpc) is 2.97. The summed E-state index contributed by atoms with van der Waals surface area (Å²) < 4.78 is 5.30. The van der Waals surface area contributed by atoms with E-state index in [2.05, 4.69) is 31.4 Å². The number of fused-ring (bicyclic) bond motifs is 2. The van der Waals surface area contributed by atoms with Gasteiger partial charge in [-0.15, -0.1) is 0 Å². The molecule has 2 aliphatic carbocycles. The number of hydrogen-bond donors (Lipinski definition) is 2. The Morgan fingerprint density at radius 3 is 2.62 bits per heavy atom. The summed E-state index contributed by atoms with van der Waals surface area (Å²) in [5.41, 5.74) is 0.201. The van der Waals surface area contributed by atoms with Gasteiger partial charge >= 0.3 is 0 Å². The SMILES string of the molecule is CCOCCC[NH2+]CC(=O)N[C@]1(C)[C@H]2CC[C@H](C2)C1(C)C. The molecule has 0 saturated heterocycles. The smallest absolute Gasteiger partial charge is 0.275 e. The third-order valence-electron chi connectivity index (χ3n) is 6.24. The van der Waals surface area contributed by atoms with Crippen LogP contribution in [0.5, 0.6) is 0 Å². The summed E-state index contributed by atoms with van der Waals surface area (Å²) in [5, 5.41) is 5.47. The fourth-order valence-electron chi connectivity index (χ4n) is 4.42. The van der Waals surface area contributed by atoms with Crippen molar-refractivity contribution in [2.45, 2.75) is 58.9 Å². The van der Waals surface area contributed by atoms with Gasteiger partial charge in [-0.05, 0) is 50.4 Å². The molecule has 0 aromatic rings. The minimum Gasteiger partial charge on any atom is -0.382 e. The Bertz CT molecular complexity index is 370. The topological polar surface area (TPSA) is 54.9 Å². The van der Waals surface area contributed by atoms with Gasteiger partial charge in [0.2, 0.25) is 0 Å². The molecule has 4 nitrogen and oxygen atoms in total. The molecular formula is C17H33N2O2+. The van der Waals surface area contributed by atoms with Crippen molar-refractivity contribution in [2.24, 2.45) is 17.3 Å². The molecule has 3 atom stereocenters. The van der Waals surface area contributed by atoms with E-state index in [4.69, 9.17) is 4.74 Å². The Hall–Kier alpha value is -0.610. The van der Waals surface area contributed by atoms with Crippen LogP contribution < -0.4 is 10.6 Å². The molecule has 0 unspecified atom stereocenters. The van der Waals surface area contributed by atoms with E-state index in [1.807, 2.05) is 6.92 Å². The first kappa shape index (κ1) is 16.8. The minimum atomic E-state index is -0.0217. The summed E-state index contributed by atoms with van der Waals surface area (Å²) >= 11 is 0. The molecule has 0 heterocycles. The predicted molar refractivity (Wildman–Crippen MR) is 83.9 cm³/mol. The molecule has 122 valence electrons. The summed E-state index contributed by atoms with van der Waals surface area (Å²) in [6.45, 7) is 12.0. The van der Waals surface area contributed by atoms with Crippen LogP contribution in [0.3, 0.4) is 0 Å². The lowest BCUT2D eigenvalue weighted by molar-refractivity contribution is -0.644. The predicted octanol–water partition coefficient (Wildman–Crippen LogP) is 1.31. The highest BCUT2D eigenvalue weighted by Gasteiger charge is 2.60. The summed E-state index contributed by atoms with van der Waals surface area (Å²) in [6, 6.07) is 0. The molecular weight excluding hydrogens is 264 g/mol. The van der Waals surface area contributed by atoms with Crippen LogP contribution in [-0.4, -0.2) is 37.7 Å². The normalized spacial score (nSPS) is 33.3. The highest BCUT2D eigenvalue weighted by Crippen LogP contribution is 2.61. The number of nitrogens with one attached hydrogen (secondary N) is 1. The Morgan fingerprint density at radius 1 is 1.29 bits per heavy atom. The summed E-state index contributed by atoms with van der Waals surface area (Å²) in [7, 11) is 0. The molecule has 2 saturated carbocycles. The number of carbonyl (C=O) groups excluding carboxylic acids is 1. The molecule has 2 aliphatic rings. The third kappa shape index (κ3) is 3.26. The van der Waals surface area contributed by atoms with Crippen LogP contribution in [0, 0.1) is 17.3 Å². The van der Waals surface area contributed by atoms with Crippen molar-refractivity contribution in [3.05, 3.63) is 0 Å². The maximum absolute atomic E-state index is 12.3. The van der Waals surface area contributed by atoms with E-state index in [0.717, 1.165) is 32.1 Å². The van der Waals surface area contributed by atoms with Crippen LogP contribution in [0.15, 0.2) is 0 Å². The second kappa shape index (κ2) is 6.66. The van der Waals surface area contributed by atoms with Crippen molar-refractivity contribution < 1.29 is 14.8 Å². The maximum Gasteiger partial charge on any atom is 0.275 e. The van der Waals surface area contributed by atoms with E-state index in [1.165, 1.54) is 19.3 Å². The Labute approximate surface area is 129 Å². The number of carbonyl (C=O) groups is 1. The third-order valence-corrected chi connectivity index (χ3v) is 6.24. The first-order chi connectivity index (χ1) is 9.91. The summed E-state index contributed by atoms with van der Waals surface area (Å²) in [4.78, 5) is 12.3. The van der Waals surface area contributed by atoms with Gasteiger partial charge in [-0.1, -0.05) is 13.8 Å². The molecule has 0 radical (unpaired) electrons. The van der Waals surface area contributed by atoms with E-state index in [0.29, 0.717) is 12.5 Å². The molecule has 0 aliphatic heterocycles. The van der Waals surface area contributed by atoms with Crippen molar-refractivity contribution in [2.75, 3.05) is 26.3 Å². The van der Waals surface area contributed by atoms with Crippen LogP contribution in [0.4, 0.5) is 0 Å². The van der Waals surface area contributed by atoms with Gasteiger partial charge in [0.05, 0.1) is 13.2 Å². The van der Waals surface area contributed by atoms with Crippen LogP contribution in [0.25, 0.3) is 0 Å². The second-order valence-corrected chi connectivity index (χ2v) is 7.51. The van der Waals surface area contributed by atoms with E-state index in [-0.39, 0.29) is 16.9 Å². The zero-order valence-electron chi connectivity index (χ0n) is 14.2. The van der Waals surface area contributed by atoms with Gasteiger partial charge in [-0.25, -0.2) is 0 Å². The molecule has 2 rings (SSSR count). The molecule has 2 fully saturated rings. The highest BCUT2D eigenvalue weighted by molar-refractivity contribution is 5.77. The average molecular weight is 297 g/mol. The molecule has 3 N–H and O–H groups in total. The van der Waals surface area contributed by atoms with Crippen molar-refractivity contribution in [3.63, 3.8) is 0 Å². The van der Waals surface area contributed by atoms with E-state index < -0.39 is 0 Å². The Morgan fingerprint density at radius 2 is 2.00 bits per heavy atom. The molecule has 0 aromatic carbocycles. The summed E-state index contributed by atoms with van der Waals surface area (Å²) in [5.74, 6) is 1.64. The van der Waals surface area contributed by atoms with Crippen molar-refractivity contribution in [3.8, 4) is 0 Å². The van der Waals surface area contributed by atoms with Crippen LogP contribution >= 0.6 is 0 Å². The lowest BCUT2D eigenvalue weighted by Crippen LogP contribution is -2.87. The minimum absolute atomic E-state index is 0.0217. The van der Waals surface area contributed by atoms with Gasteiger partial charge in [-0.2, -0.15) is 0 Å². The molecule has 0 spiro atoms. The van der Waals surface area contributed by atoms with Crippen molar-refractivity contribution in [1.29, 1.82) is 0 Å². The second-order valence-electron chi connectivity index (χ2n) is 7.51. The van der Waals surface area contributed by atoms with Crippen LogP contribution in [0.1, 0.15) is 53.4 Å². The number of ether oxygens (including phenoxy) is 1. The fourth-order valence-corrected chi connectivity index (χ4v) is 4.42. The number of rotatable bonds is 8. The Kier molecular flexibility index (Phi) is 5.31. The van der Waals surface area contributed by atoms with Crippen molar-refractivity contribution in [1.82, 2.24) is 5.32 Å². The fraction of sp³-hybridized carbons (Fsp3) is 0.941. The van der Waals surface area contributed by atoms with Crippen molar-refractivity contribution >= 4 is 5.91 Å². The maximum atomic E-state index is 12.3. The van der Waals surface area contributed by atoms with Gasteiger partial charge in [0.25, 0.3) is 5.91 Å². The molecule has 21 heavy (non-hydrogen) atoms. The standard InChI is InChI=1S/C17H32N2O2/c1-5-21-10-6-9-18-12-15(20)19-17(4)14-8-7-13(11-14)16(17,2)3/h13-14,18H,5-12H2,1-4H3,(H,19,20)/p+1/t13-,14+,17-/m1/s1. The largest absolute Gasteiger partial charge is 0.382 e. The monoisotopic (exact) mass is 297 g/mol. The van der Waals surface area contributed by atoms with Gasteiger partial charge in [0.15, 0.2) is 6.54 Å². The van der Waals surface area contributed by atoms with E-state index in [9.17, 15) is 4.79 Å². The quantitative estimate of drug-likeness (QED) is 0.664. The van der Waals surface area contributed by atoms with Gasteiger partial charge in [0.1, 0.15) is 0 Å². The van der Waals surface area contributed by atoms with Crippen LogP contribution in [-0.2, 0) is 9.53 Å². The summed E-state index contributed by atoms with van der Waals surface area (Å²) in [6.07, 6.45) is 4.92. The highest BCUT2D eigenvalue weighted by atomic mass is 16.5. The zero-order chi connectivity index (χ0) is 15.5. The molecule has 2 bridgehead atoms. The first-order valence-electron chi connectivity index (χ1n) is 8.62. The number of quaternary nitrogens is 1. The molecule has 4 heteroatoms. The van der Waals surface area contributed by atoms with E-state index in [1.54, 1.807) is 0 Å². The number of amides is 1. The molecule has 0 aromatic heterocycles. The van der Waals surface area contributed by atoms with Gasteiger partial charge < -0.3 is 15.4 Å². The lowest BCUT2D eigenvalue weighted by atomic mass is 9.64. The zero-order valence-corrected chi connectivity index (χ0v) is 14.2. The Balaban J connectivity index is 1.75. The lowest BCUT2D eigenvalue weighted by Gasteiger charge is -2.48. The molecule has 1 amide bonds. The van der Waals surface area contributed by atoms with Gasteiger partial charge in [-0.3, -0.25) is 4.79 Å². The number of nitrogens with two attached hydrogens (primary N) is 1. The first-order valence-corrected chi connectivity index (χ1v) is 8.62. The van der Waals surface area contributed by atoms with E-state index >= 15 is 0 Å².